The molecule has 0 aromatic heterocycles. The molecule has 2 N–H and O–H groups in total. The van der Waals surface area contributed by atoms with Crippen molar-refractivity contribution in [3.05, 3.63) is 22.7 Å². The van der Waals surface area contributed by atoms with E-state index >= 15 is 0 Å². The molecule has 0 bridgehead atoms. The van der Waals surface area contributed by atoms with Gasteiger partial charge in [-0.2, -0.15) is 0 Å². The number of hydrogen-bond donors (Lipinski definition) is 2. The Morgan fingerprint density at radius 2 is 2.00 bits per heavy atom. The maximum Gasteiger partial charge on any atom is 0.179 e. The van der Waals surface area contributed by atoms with E-state index < -0.39 is 0 Å². The molecular formula is C15H24ClNO4. The molecule has 5 nitrogen and oxygen atoms in total. The van der Waals surface area contributed by atoms with Crippen molar-refractivity contribution in [3.63, 3.8) is 0 Å². The van der Waals surface area contributed by atoms with Crippen LogP contribution in [0.25, 0.3) is 0 Å². The van der Waals surface area contributed by atoms with Crippen LogP contribution in [0.3, 0.4) is 0 Å². The number of rotatable bonds is 10. The third kappa shape index (κ3) is 6.52. The summed E-state index contributed by atoms with van der Waals surface area (Å²) in [7, 11) is 1.58. The highest BCUT2D eigenvalue weighted by atomic mass is 35.5. The number of hydrogen-bond acceptors (Lipinski definition) is 5. The van der Waals surface area contributed by atoms with E-state index in [0.717, 1.165) is 5.56 Å². The Balaban J connectivity index is 2.66. The zero-order valence-electron chi connectivity index (χ0n) is 12.8. The first kappa shape index (κ1) is 18.0. The number of ether oxygens (including phenoxy) is 3. The van der Waals surface area contributed by atoms with Crippen LogP contribution in [0.2, 0.25) is 5.02 Å². The Hall–Kier alpha value is -1.01. The van der Waals surface area contributed by atoms with Crippen LogP contribution in [0.1, 0.15) is 19.4 Å². The molecule has 1 rings (SSSR count). The molecule has 1 aromatic carbocycles. The van der Waals surface area contributed by atoms with Gasteiger partial charge in [0.1, 0.15) is 6.61 Å². The minimum absolute atomic E-state index is 0.00161. The highest BCUT2D eigenvalue weighted by molar-refractivity contribution is 6.32. The summed E-state index contributed by atoms with van der Waals surface area (Å²) in [6.07, 6.45) is 0. The summed E-state index contributed by atoms with van der Waals surface area (Å²) in [5.74, 6) is 1.12. The third-order valence-corrected chi connectivity index (χ3v) is 2.99. The maximum atomic E-state index is 8.62. The first-order valence-corrected chi connectivity index (χ1v) is 7.37. The van der Waals surface area contributed by atoms with Crippen molar-refractivity contribution in [1.29, 1.82) is 0 Å². The van der Waals surface area contributed by atoms with Crippen molar-refractivity contribution >= 4 is 11.6 Å². The Labute approximate surface area is 131 Å². The van der Waals surface area contributed by atoms with E-state index in [-0.39, 0.29) is 6.61 Å². The topological polar surface area (TPSA) is 60.0 Å². The van der Waals surface area contributed by atoms with E-state index in [2.05, 4.69) is 19.2 Å². The lowest BCUT2D eigenvalue weighted by molar-refractivity contribution is 0.0699. The van der Waals surface area contributed by atoms with Crippen molar-refractivity contribution < 1.29 is 19.3 Å². The summed E-state index contributed by atoms with van der Waals surface area (Å²) in [5.41, 5.74) is 1.04. The number of methoxy groups -OCH3 is 1. The lowest BCUT2D eigenvalue weighted by Crippen LogP contribution is -2.21. The monoisotopic (exact) mass is 317 g/mol. The third-order valence-electron chi connectivity index (χ3n) is 2.71. The summed E-state index contributed by atoms with van der Waals surface area (Å²) < 4.78 is 16.1. The summed E-state index contributed by atoms with van der Waals surface area (Å²) in [6.45, 7) is 5.92. The number of aliphatic hydroxyl groups excluding tert-OH is 1. The Bertz CT molecular complexity index is 426. The van der Waals surface area contributed by atoms with Crippen LogP contribution in [-0.2, 0) is 11.3 Å². The van der Waals surface area contributed by atoms with Gasteiger partial charge in [0.2, 0.25) is 0 Å². The summed E-state index contributed by atoms with van der Waals surface area (Å²) in [4.78, 5) is 0. The fraction of sp³-hybridized carbons (Fsp3) is 0.600. The molecule has 0 unspecified atom stereocenters. The van der Waals surface area contributed by atoms with Crippen LogP contribution in [0.15, 0.2) is 12.1 Å². The molecule has 6 heteroatoms. The molecule has 0 atom stereocenters. The van der Waals surface area contributed by atoms with Gasteiger partial charge in [-0.15, -0.1) is 0 Å². The molecule has 0 aliphatic rings. The van der Waals surface area contributed by atoms with Crippen LogP contribution in [-0.4, -0.2) is 44.7 Å². The molecule has 0 fully saturated rings. The molecule has 0 spiro atoms. The van der Waals surface area contributed by atoms with E-state index in [1.165, 1.54) is 0 Å². The number of benzene rings is 1. The fourth-order valence-corrected chi connectivity index (χ4v) is 1.99. The lowest BCUT2D eigenvalue weighted by Gasteiger charge is -2.15. The average Bonchev–Trinajstić information content (AvgIpc) is 2.46. The highest BCUT2D eigenvalue weighted by Crippen LogP contribution is 2.36. The van der Waals surface area contributed by atoms with Crippen molar-refractivity contribution in [3.8, 4) is 11.5 Å². The Morgan fingerprint density at radius 3 is 2.62 bits per heavy atom. The van der Waals surface area contributed by atoms with Gasteiger partial charge in [0, 0.05) is 12.6 Å². The predicted octanol–water partition coefficient (Wildman–Crippen LogP) is 2.23. The smallest absolute Gasteiger partial charge is 0.179 e. The SMILES string of the molecule is COc1cc(CNC(C)C)cc(Cl)c1OCCOCCO. The summed E-state index contributed by atoms with van der Waals surface area (Å²) in [5, 5.41) is 12.5. The van der Waals surface area contributed by atoms with Crippen LogP contribution in [0.4, 0.5) is 0 Å². The van der Waals surface area contributed by atoms with E-state index in [0.29, 0.717) is 48.9 Å². The standard InChI is InChI=1S/C15H24ClNO4/c1-11(2)17-10-12-8-13(16)15(14(9-12)19-3)21-7-6-20-5-4-18/h8-9,11,17-18H,4-7,10H2,1-3H3. The summed E-state index contributed by atoms with van der Waals surface area (Å²) in [6, 6.07) is 4.17. The quantitative estimate of drug-likeness (QED) is 0.648. The van der Waals surface area contributed by atoms with Gasteiger partial charge in [-0.25, -0.2) is 0 Å². The molecule has 21 heavy (non-hydrogen) atoms. The molecule has 0 amide bonds. The molecule has 0 aliphatic carbocycles. The lowest BCUT2D eigenvalue weighted by atomic mass is 10.2. The Morgan fingerprint density at radius 1 is 1.24 bits per heavy atom. The van der Waals surface area contributed by atoms with Crippen LogP contribution in [0.5, 0.6) is 11.5 Å². The van der Waals surface area contributed by atoms with Gasteiger partial charge in [0.25, 0.3) is 0 Å². The second-order valence-electron chi connectivity index (χ2n) is 4.83. The minimum Gasteiger partial charge on any atom is -0.493 e. The maximum absolute atomic E-state index is 8.62. The molecule has 120 valence electrons. The fourth-order valence-electron chi connectivity index (χ4n) is 1.71. The number of halogens is 1. The van der Waals surface area contributed by atoms with E-state index in [4.69, 9.17) is 30.9 Å². The van der Waals surface area contributed by atoms with Gasteiger partial charge in [-0.05, 0) is 17.7 Å². The Kier molecular flexibility index (Phi) is 8.45. The molecule has 0 aliphatic heterocycles. The minimum atomic E-state index is 0.00161. The number of aliphatic hydroxyl groups is 1. The van der Waals surface area contributed by atoms with Gasteiger partial charge in [-0.3, -0.25) is 0 Å². The molecule has 0 saturated carbocycles. The first-order valence-electron chi connectivity index (χ1n) is 6.99. The van der Waals surface area contributed by atoms with Gasteiger partial charge in [-0.1, -0.05) is 25.4 Å². The van der Waals surface area contributed by atoms with Crippen molar-refractivity contribution in [1.82, 2.24) is 5.32 Å². The van der Waals surface area contributed by atoms with Crippen LogP contribution >= 0.6 is 11.6 Å². The molecule has 1 aromatic rings. The van der Waals surface area contributed by atoms with Gasteiger partial charge >= 0.3 is 0 Å². The zero-order chi connectivity index (χ0) is 15.7. The van der Waals surface area contributed by atoms with Gasteiger partial charge in [0.15, 0.2) is 11.5 Å². The van der Waals surface area contributed by atoms with Crippen LogP contribution in [0, 0.1) is 0 Å². The molecule has 0 saturated heterocycles. The average molecular weight is 318 g/mol. The normalized spacial score (nSPS) is 11.0. The zero-order valence-corrected chi connectivity index (χ0v) is 13.6. The van der Waals surface area contributed by atoms with Crippen molar-refractivity contribution in [2.24, 2.45) is 0 Å². The van der Waals surface area contributed by atoms with Gasteiger partial charge in [0.05, 0.1) is 32.0 Å². The van der Waals surface area contributed by atoms with E-state index in [9.17, 15) is 0 Å². The van der Waals surface area contributed by atoms with Crippen molar-refractivity contribution in [2.75, 3.05) is 33.5 Å². The van der Waals surface area contributed by atoms with Gasteiger partial charge < -0.3 is 24.6 Å². The molecular weight excluding hydrogens is 294 g/mol. The summed E-state index contributed by atoms with van der Waals surface area (Å²) >= 11 is 6.26. The van der Waals surface area contributed by atoms with Crippen LogP contribution < -0.4 is 14.8 Å². The second kappa shape index (κ2) is 9.84. The molecule has 0 heterocycles. The van der Waals surface area contributed by atoms with Crippen molar-refractivity contribution in [2.45, 2.75) is 26.4 Å². The number of nitrogens with one attached hydrogen (secondary N) is 1. The predicted molar refractivity (Wildman–Crippen MR) is 83.4 cm³/mol. The second-order valence-corrected chi connectivity index (χ2v) is 5.24. The largest absolute Gasteiger partial charge is 0.493 e. The molecule has 0 radical (unpaired) electrons. The first-order chi connectivity index (χ1) is 10.1. The van der Waals surface area contributed by atoms with E-state index in [1.54, 1.807) is 7.11 Å². The van der Waals surface area contributed by atoms with E-state index in [1.807, 2.05) is 12.1 Å². The highest BCUT2D eigenvalue weighted by Gasteiger charge is 2.12.